The lowest BCUT2D eigenvalue weighted by Gasteiger charge is -2.15. The molecule has 0 atom stereocenters. The third-order valence-electron chi connectivity index (χ3n) is 2.70. The zero-order chi connectivity index (χ0) is 14.8. The second-order valence-electron chi connectivity index (χ2n) is 4.02. The minimum Gasteiger partial charge on any atom is -0.405 e. The molecular formula is C14H11F4NO. The Morgan fingerprint density at radius 1 is 1.00 bits per heavy atom. The van der Waals surface area contributed by atoms with Crippen molar-refractivity contribution < 1.29 is 22.3 Å². The lowest BCUT2D eigenvalue weighted by Crippen LogP contribution is -2.17. The fraction of sp³-hybridized carbons (Fsp3) is 0.143. The number of halogens is 4. The predicted octanol–water partition coefficient (Wildman–Crippen LogP) is 3.85. The van der Waals surface area contributed by atoms with Crippen molar-refractivity contribution in [2.24, 2.45) is 5.73 Å². The van der Waals surface area contributed by atoms with Crippen LogP contribution in [-0.4, -0.2) is 6.36 Å². The van der Waals surface area contributed by atoms with E-state index in [9.17, 15) is 17.6 Å². The molecule has 0 fully saturated rings. The van der Waals surface area contributed by atoms with Crippen LogP contribution < -0.4 is 10.5 Å². The van der Waals surface area contributed by atoms with Crippen LogP contribution in [0.1, 0.15) is 5.56 Å². The molecule has 0 unspecified atom stereocenters. The topological polar surface area (TPSA) is 35.2 Å². The minimum atomic E-state index is -4.84. The minimum absolute atomic E-state index is 0.00739. The molecule has 0 saturated heterocycles. The number of nitrogens with two attached hydrogens (primary N) is 1. The second kappa shape index (κ2) is 5.50. The number of hydrogen-bond donors (Lipinski definition) is 1. The van der Waals surface area contributed by atoms with Crippen molar-refractivity contribution in [3.63, 3.8) is 0 Å². The van der Waals surface area contributed by atoms with Crippen LogP contribution in [0.3, 0.4) is 0 Å². The molecule has 0 amide bonds. The van der Waals surface area contributed by atoms with E-state index in [0.29, 0.717) is 5.56 Å². The summed E-state index contributed by atoms with van der Waals surface area (Å²) in [6.07, 6.45) is -4.84. The van der Waals surface area contributed by atoms with Crippen LogP contribution in [0.15, 0.2) is 42.5 Å². The molecule has 0 radical (unpaired) electrons. The van der Waals surface area contributed by atoms with Crippen molar-refractivity contribution in [2.75, 3.05) is 0 Å². The summed E-state index contributed by atoms with van der Waals surface area (Å²) in [5.74, 6) is -1.11. The quantitative estimate of drug-likeness (QED) is 0.869. The Labute approximate surface area is 112 Å². The van der Waals surface area contributed by atoms with Gasteiger partial charge in [0.25, 0.3) is 0 Å². The first-order valence-corrected chi connectivity index (χ1v) is 5.75. The Bertz CT molecular complexity index is 610. The monoisotopic (exact) mass is 285 g/mol. The number of benzene rings is 2. The highest BCUT2D eigenvalue weighted by Crippen LogP contribution is 2.36. The van der Waals surface area contributed by atoms with Crippen LogP contribution in [0.2, 0.25) is 0 Å². The zero-order valence-corrected chi connectivity index (χ0v) is 10.2. The van der Waals surface area contributed by atoms with Crippen molar-refractivity contribution in [3.8, 4) is 16.9 Å². The van der Waals surface area contributed by atoms with Crippen LogP contribution in [0.5, 0.6) is 5.75 Å². The summed E-state index contributed by atoms with van der Waals surface area (Å²) in [6, 6.07) is 9.56. The van der Waals surface area contributed by atoms with Crippen LogP contribution in [0.4, 0.5) is 17.6 Å². The van der Waals surface area contributed by atoms with E-state index in [4.69, 9.17) is 5.73 Å². The van der Waals surface area contributed by atoms with Gasteiger partial charge in [-0.25, -0.2) is 4.39 Å². The zero-order valence-electron chi connectivity index (χ0n) is 10.2. The normalized spacial score (nSPS) is 11.4. The van der Waals surface area contributed by atoms with Gasteiger partial charge in [0.05, 0.1) is 0 Å². The molecular weight excluding hydrogens is 274 g/mol. The maximum Gasteiger partial charge on any atom is 0.573 e. The van der Waals surface area contributed by atoms with Gasteiger partial charge in [-0.3, -0.25) is 0 Å². The SMILES string of the molecule is NCc1cccc(F)c1-c1ccccc1OC(F)(F)F. The molecule has 0 aromatic heterocycles. The first kappa shape index (κ1) is 14.3. The van der Waals surface area contributed by atoms with E-state index >= 15 is 0 Å². The Kier molecular flexibility index (Phi) is 3.94. The van der Waals surface area contributed by atoms with Crippen molar-refractivity contribution in [1.82, 2.24) is 0 Å². The molecule has 0 bridgehead atoms. The van der Waals surface area contributed by atoms with Gasteiger partial charge in [-0.2, -0.15) is 0 Å². The Balaban J connectivity index is 2.59. The number of hydrogen-bond acceptors (Lipinski definition) is 2. The van der Waals surface area contributed by atoms with E-state index in [1.807, 2.05) is 0 Å². The molecule has 0 aliphatic heterocycles. The maximum absolute atomic E-state index is 13.9. The van der Waals surface area contributed by atoms with Gasteiger partial charge in [-0.15, -0.1) is 13.2 Å². The first-order valence-electron chi connectivity index (χ1n) is 5.75. The molecule has 2 aromatic rings. The van der Waals surface area contributed by atoms with E-state index in [0.717, 1.165) is 6.07 Å². The number of alkyl halides is 3. The summed E-state index contributed by atoms with van der Waals surface area (Å²) >= 11 is 0. The molecule has 0 spiro atoms. The fourth-order valence-corrected chi connectivity index (χ4v) is 1.93. The molecule has 0 heterocycles. The van der Waals surface area contributed by atoms with Gasteiger partial charge in [0.1, 0.15) is 11.6 Å². The second-order valence-corrected chi connectivity index (χ2v) is 4.02. The number of para-hydroxylation sites is 1. The lowest BCUT2D eigenvalue weighted by atomic mass is 9.98. The van der Waals surface area contributed by atoms with Crippen LogP contribution >= 0.6 is 0 Å². The summed E-state index contributed by atoms with van der Waals surface area (Å²) in [6.45, 7) is 0.00739. The Morgan fingerprint density at radius 3 is 2.35 bits per heavy atom. The van der Waals surface area contributed by atoms with Gasteiger partial charge < -0.3 is 10.5 Å². The standard InChI is InChI=1S/C14H11F4NO/c15-11-6-3-4-9(8-19)13(11)10-5-1-2-7-12(10)20-14(16,17)18/h1-7H,8,19H2. The molecule has 2 nitrogen and oxygen atoms in total. The molecule has 106 valence electrons. The van der Waals surface area contributed by atoms with Gasteiger partial charge in [0.15, 0.2) is 0 Å². The summed E-state index contributed by atoms with van der Waals surface area (Å²) in [5.41, 5.74) is 5.95. The largest absolute Gasteiger partial charge is 0.573 e. The summed E-state index contributed by atoms with van der Waals surface area (Å²) in [5, 5.41) is 0. The smallest absolute Gasteiger partial charge is 0.405 e. The summed E-state index contributed by atoms with van der Waals surface area (Å²) < 4.78 is 55.0. The lowest BCUT2D eigenvalue weighted by molar-refractivity contribution is -0.274. The van der Waals surface area contributed by atoms with Gasteiger partial charge in [0.2, 0.25) is 0 Å². The van der Waals surface area contributed by atoms with Gasteiger partial charge in [-0.1, -0.05) is 30.3 Å². The van der Waals surface area contributed by atoms with E-state index in [1.165, 1.54) is 30.3 Å². The van der Waals surface area contributed by atoms with Crippen LogP contribution in [0.25, 0.3) is 11.1 Å². The molecule has 0 aliphatic rings. The van der Waals surface area contributed by atoms with Gasteiger partial charge in [0, 0.05) is 17.7 Å². The van der Waals surface area contributed by atoms with Crippen molar-refractivity contribution in [1.29, 1.82) is 0 Å². The third-order valence-corrected chi connectivity index (χ3v) is 2.70. The first-order chi connectivity index (χ1) is 9.42. The molecule has 2 aromatic carbocycles. The molecule has 2 rings (SSSR count). The highest BCUT2D eigenvalue weighted by molar-refractivity contribution is 5.74. The van der Waals surface area contributed by atoms with E-state index in [1.54, 1.807) is 6.07 Å². The van der Waals surface area contributed by atoms with Gasteiger partial charge >= 0.3 is 6.36 Å². The third kappa shape index (κ3) is 3.08. The fourth-order valence-electron chi connectivity index (χ4n) is 1.93. The van der Waals surface area contributed by atoms with Crippen molar-refractivity contribution in [2.45, 2.75) is 12.9 Å². The molecule has 2 N–H and O–H groups in total. The average molecular weight is 285 g/mol. The predicted molar refractivity (Wildman–Crippen MR) is 66.4 cm³/mol. The Morgan fingerprint density at radius 2 is 1.70 bits per heavy atom. The molecule has 0 saturated carbocycles. The van der Waals surface area contributed by atoms with Gasteiger partial charge in [-0.05, 0) is 17.7 Å². The van der Waals surface area contributed by atoms with Crippen LogP contribution in [0, 0.1) is 5.82 Å². The van der Waals surface area contributed by atoms with E-state index < -0.39 is 17.9 Å². The number of rotatable bonds is 3. The highest BCUT2D eigenvalue weighted by Gasteiger charge is 2.32. The van der Waals surface area contributed by atoms with E-state index in [2.05, 4.69) is 4.74 Å². The van der Waals surface area contributed by atoms with E-state index in [-0.39, 0.29) is 17.7 Å². The average Bonchev–Trinajstić information content (AvgIpc) is 2.37. The van der Waals surface area contributed by atoms with Crippen molar-refractivity contribution >= 4 is 0 Å². The molecule has 6 heteroatoms. The Hall–Kier alpha value is -2.08. The van der Waals surface area contributed by atoms with Crippen molar-refractivity contribution in [3.05, 3.63) is 53.8 Å². The summed E-state index contributed by atoms with van der Waals surface area (Å²) in [4.78, 5) is 0. The highest BCUT2D eigenvalue weighted by atomic mass is 19.4. The summed E-state index contributed by atoms with van der Waals surface area (Å²) in [7, 11) is 0. The maximum atomic E-state index is 13.9. The molecule has 0 aliphatic carbocycles. The van der Waals surface area contributed by atoms with Crippen LogP contribution in [-0.2, 0) is 6.54 Å². The number of ether oxygens (including phenoxy) is 1. The molecule has 20 heavy (non-hydrogen) atoms.